The number of hydrogen-bond donors (Lipinski definition) is 1. The minimum Gasteiger partial charge on any atom is -0.371 e. The van der Waals surface area contributed by atoms with Gasteiger partial charge in [-0.15, -0.1) is 0 Å². The summed E-state index contributed by atoms with van der Waals surface area (Å²) in [6, 6.07) is 22.1. The Balaban J connectivity index is 1.16. The summed E-state index contributed by atoms with van der Waals surface area (Å²) >= 11 is 0. The zero-order valence-corrected chi connectivity index (χ0v) is 26.5. The molecule has 2 aromatic carbocycles. The van der Waals surface area contributed by atoms with Crippen LogP contribution in [0.3, 0.4) is 0 Å². The number of benzene rings is 2. The number of nitrogens with one attached hydrogen (secondary N) is 1. The van der Waals surface area contributed by atoms with Gasteiger partial charge in [0.05, 0.1) is 13.2 Å². The number of anilines is 2. The molecule has 0 fully saturated rings. The SMILES string of the molecule is CCN(CCSSCCN(CC)c1ccc(/C=C/c2cc[n+](C)cc2)cc1)c1ccc(/C=C/C2=C[NH+](C)C=C2)cc1. The van der Waals surface area contributed by atoms with E-state index in [1.54, 1.807) is 0 Å². The van der Waals surface area contributed by atoms with Gasteiger partial charge < -0.3 is 9.80 Å². The van der Waals surface area contributed by atoms with E-state index in [4.69, 9.17) is 0 Å². The molecule has 0 saturated heterocycles. The van der Waals surface area contributed by atoms with Gasteiger partial charge in [0.2, 0.25) is 0 Å². The van der Waals surface area contributed by atoms with Gasteiger partial charge in [0, 0.05) is 72.8 Å². The number of aromatic nitrogens is 1. The average molecular weight is 585 g/mol. The molecular formula is C35H44N4S2+2. The molecule has 0 spiro atoms. The van der Waals surface area contributed by atoms with E-state index >= 15 is 0 Å². The number of nitrogens with zero attached hydrogens (tertiary/aromatic N) is 3. The second-order valence-electron chi connectivity index (χ2n) is 10.2. The molecule has 1 aliphatic heterocycles. The third-order valence-corrected chi connectivity index (χ3v) is 9.49. The molecule has 3 aromatic rings. The zero-order chi connectivity index (χ0) is 28.9. The molecule has 214 valence electrons. The molecule has 0 aliphatic carbocycles. The van der Waals surface area contributed by atoms with Crippen LogP contribution in [-0.4, -0.2) is 44.7 Å². The first-order chi connectivity index (χ1) is 20.0. The van der Waals surface area contributed by atoms with Crippen LogP contribution < -0.4 is 19.3 Å². The Morgan fingerprint density at radius 1 is 0.683 bits per heavy atom. The monoisotopic (exact) mass is 584 g/mol. The van der Waals surface area contributed by atoms with E-state index in [2.05, 4.69) is 151 Å². The molecule has 4 nitrogen and oxygen atoms in total. The highest BCUT2D eigenvalue weighted by molar-refractivity contribution is 8.76. The minimum absolute atomic E-state index is 1.02. The smallest absolute Gasteiger partial charge is 0.169 e. The number of allylic oxidation sites excluding steroid dienone is 3. The average Bonchev–Trinajstić information content (AvgIpc) is 3.43. The highest BCUT2D eigenvalue weighted by Gasteiger charge is 2.07. The molecule has 4 rings (SSSR count). The van der Waals surface area contributed by atoms with Crippen molar-refractivity contribution in [2.24, 2.45) is 7.05 Å². The lowest BCUT2D eigenvalue weighted by molar-refractivity contribution is -0.763. The standard InChI is InChI=1S/C35H43N4S2/c1-5-38(34-15-11-30(12-16-34)7-8-32-19-22-36(3)23-20-32)25-27-40-41-28-26-39(6-2)35-17-13-31(14-18-35)9-10-33-21-24-37(4)29-33/h7-24,29H,5-6,25-28H2,1-4H3/q+1/p+1/b10-9+. The lowest BCUT2D eigenvalue weighted by Gasteiger charge is -2.24. The molecule has 1 unspecified atom stereocenters. The number of hydrogen-bond acceptors (Lipinski definition) is 4. The predicted molar refractivity (Wildman–Crippen MR) is 183 cm³/mol. The lowest BCUT2D eigenvalue weighted by atomic mass is 10.1. The van der Waals surface area contributed by atoms with E-state index in [0.717, 1.165) is 37.7 Å². The molecule has 0 bridgehead atoms. The maximum Gasteiger partial charge on any atom is 0.169 e. The van der Waals surface area contributed by atoms with Gasteiger partial charge in [-0.1, -0.05) is 64.1 Å². The molecular weight excluding hydrogens is 541 g/mol. The Morgan fingerprint density at radius 3 is 1.59 bits per heavy atom. The molecule has 6 heteroatoms. The number of rotatable bonds is 15. The van der Waals surface area contributed by atoms with Crippen LogP contribution in [-0.2, 0) is 7.05 Å². The second-order valence-corrected chi connectivity index (χ2v) is 12.9. The summed E-state index contributed by atoms with van der Waals surface area (Å²) in [6.45, 7) is 8.63. The Hall–Kier alpha value is -3.19. The van der Waals surface area contributed by atoms with Crippen molar-refractivity contribution in [2.75, 3.05) is 54.5 Å². The van der Waals surface area contributed by atoms with Crippen molar-refractivity contribution in [2.45, 2.75) is 13.8 Å². The molecule has 0 amide bonds. The first-order valence-corrected chi connectivity index (χ1v) is 17.0. The Labute approximate surface area is 255 Å². The first kappa shape index (κ1) is 30.8. The predicted octanol–water partition coefficient (Wildman–Crippen LogP) is 6.35. The van der Waals surface area contributed by atoms with Gasteiger partial charge >= 0.3 is 0 Å². The van der Waals surface area contributed by atoms with Gasteiger partial charge in [-0.25, -0.2) is 4.57 Å². The molecule has 2 heterocycles. The number of pyridine rings is 1. The van der Waals surface area contributed by atoms with Crippen molar-refractivity contribution in [3.8, 4) is 0 Å². The van der Waals surface area contributed by atoms with E-state index in [0.29, 0.717) is 0 Å². The molecule has 41 heavy (non-hydrogen) atoms. The van der Waals surface area contributed by atoms with Gasteiger partial charge in [0.25, 0.3) is 0 Å². The highest BCUT2D eigenvalue weighted by atomic mass is 33.1. The maximum atomic E-state index is 2.47. The Bertz CT molecular complexity index is 1330. The fourth-order valence-corrected chi connectivity index (χ4v) is 6.62. The normalized spacial score (nSPS) is 14.7. The van der Waals surface area contributed by atoms with Crippen LogP contribution in [0, 0.1) is 0 Å². The van der Waals surface area contributed by atoms with E-state index in [9.17, 15) is 0 Å². The molecule has 0 radical (unpaired) electrons. The van der Waals surface area contributed by atoms with E-state index in [1.807, 2.05) is 28.6 Å². The summed E-state index contributed by atoms with van der Waals surface area (Å²) in [6.07, 6.45) is 19.4. The fourth-order valence-electron chi connectivity index (χ4n) is 4.64. The molecule has 0 saturated carbocycles. The molecule has 1 N–H and O–H groups in total. The van der Waals surface area contributed by atoms with Crippen LogP contribution in [0.4, 0.5) is 11.4 Å². The van der Waals surface area contributed by atoms with Crippen molar-refractivity contribution >= 4 is 51.2 Å². The summed E-state index contributed by atoms with van der Waals surface area (Å²) in [5.41, 5.74) is 7.53. The fraction of sp³-hybridized carbons (Fsp3) is 0.286. The third-order valence-electron chi connectivity index (χ3n) is 7.13. The Kier molecular flexibility index (Phi) is 12.2. The quantitative estimate of drug-likeness (QED) is 0.127. The summed E-state index contributed by atoms with van der Waals surface area (Å²) < 4.78 is 2.05. The first-order valence-electron chi connectivity index (χ1n) is 14.5. The van der Waals surface area contributed by atoms with Gasteiger partial charge in [0.15, 0.2) is 12.4 Å². The zero-order valence-electron chi connectivity index (χ0n) is 24.9. The third kappa shape index (κ3) is 9.99. The van der Waals surface area contributed by atoms with E-state index in [1.165, 1.54) is 38.5 Å². The number of aryl methyl sites for hydroxylation is 1. The maximum absolute atomic E-state index is 2.47. The minimum atomic E-state index is 1.02. The number of quaternary nitrogens is 1. The van der Waals surface area contributed by atoms with Crippen molar-refractivity contribution in [1.82, 2.24) is 0 Å². The molecule has 1 atom stereocenters. The van der Waals surface area contributed by atoms with Crippen LogP contribution in [0.15, 0.2) is 103 Å². The van der Waals surface area contributed by atoms with Gasteiger partial charge in [-0.05, 0) is 60.9 Å². The molecule has 1 aromatic heterocycles. The van der Waals surface area contributed by atoms with Crippen LogP contribution in [0.2, 0.25) is 0 Å². The van der Waals surface area contributed by atoms with E-state index in [-0.39, 0.29) is 0 Å². The highest BCUT2D eigenvalue weighted by Crippen LogP contribution is 2.24. The van der Waals surface area contributed by atoms with Crippen molar-refractivity contribution < 1.29 is 9.47 Å². The van der Waals surface area contributed by atoms with Crippen LogP contribution >= 0.6 is 21.6 Å². The lowest BCUT2D eigenvalue weighted by Crippen LogP contribution is -2.98. The Morgan fingerprint density at radius 2 is 1.15 bits per heavy atom. The van der Waals surface area contributed by atoms with Crippen LogP contribution in [0.5, 0.6) is 0 Å². The largest absolute Gasteiger partial charge is 0.371 e. The van der Waals surface area contributed by atoms with Crippen molar-refractivity contribution in [1.29, 1.82) is 0 Å². The second kappa shape index (κ2) is 16.3. The van der Waals surface area contributed by atoms with Gasteiger partial charge in [-0.3, -0.25) is 4.90 Å². The topological polar surface area (TPSA) is 14.8 Å². The summed E-state index contributed by atoms with van der Waals surface area (Å²) in [5.74, 6) is 2.23. The van der Waals surface area contributed by atoms with Crippen molar-refractivity contribution in [3.05, 3.63) is 120 Å². The summed E-state index contributed by atoms with van der Waals surface area (Å²) in [5, 5.41) is 0. The van der Waals surface area contributed by atoms with Crippen molar-refractivity contribution in [3.63, 3.8) is 0 Å². The van der Waals surface area contributed by atoms with Gasteiger partial charge in [-0.2, -0.15) is 0 Å². The van der Waals surface area contributed by atoms with Crippen LogP contribution in [0.25, 0.3) is 18.2 Å². The molecule has 1 aliphatic rings. The summed E-state index contributed by atoms with van der Waals surface area (Å²) in [7, 11) is 8.14. The van der Waals surface area contributed by atoms with E-state index < -0.39 is 0 Å². The van der Waals surface area contributed by atoms with Gasteiger partial charge in [0.1, 0.15) is 13.2 Å². The van der Waals surface area contributed by atoms with Crippen LogP contribution in [0.1, 0.15) is 30.5 Å². The summed E-state index contributed by atoms with van der Waals surface area (Å²) in [4.78, 5) is 6.24.